The zero-order valence-electron chi connectivity index (χ0n) is 15.3. The van der Waals surface area contributed by atoms with Gasteiger partial charge in [0.05, 0.1) is 6.04 Å². The van der Waals surface area contributed by atoms with Gasteiger partial charge in [0, 0.05) is 31.3 Å². The predicted octanol–water partition coefficient (Wildman–Crippen LogP) is 0.814. The Hall–Kier alpha value is -2.48. The third kappa shape index (κ3) is 4.57. The van der Waals surface area contributed by atoms with Gasteiger partial charge < -0.3 is 29.9 Å². The number of amides is 3. The molecule has 0 radical (unpaired) electrons. The van der Waals surface area contributed by atoms with Crippen molar-refractivity contribution < 1.29 is 19.1 Å². The first kappa shape index (κ1) is 18.3. The van der Waals surface area contributed by atoms with Gasteiger partial charge in [-0.2, -0.15) is 0 Å². The fraction of sp³-hybridized carbons (Fsp3) is 0.556. The highest BCUT2D eigenvalue weighted by atomic mass is 16.6. The SMILES string of the molecule is CN(C)CCCNC(=O)N[C@H]1CC(=O)N(c2ccc3c(c2)OCCO3)C1. The zero-order valence-corrected chi connectivity index (χ0v) is 15.3. The Balaban J connectivity index is 1.51. The van der Waals surface area contributed by atoms with Crippen LogP contribution < -0.4 is 25.0 Å². The van der Waals surface area contributed by atoms with E-state index in [-0.39, 0.29) is 18.0 Å². The first-order chi connectivity index (χ1) is 12.5. The first-order valence-corrected chi connectivity index (χ1v) is 8.92. The molecule has 1 aromatic rings. The second kappa shape index (κ2) is 8.27. The Labute approximate surface area is 153 Å². The largest absolute Gasteiger partial charge is 0.486 e. The minimum Gasteiger partial charge on any atom is -0.486 e. The fourth-order valence-corrected chi connectivity index (χ4v) is 3.09. The molecule has 0 unspecified atom stereocenters. The molecule has 1 aromatic carbocycles. The number of nitrogens with zero attached hydrogens (tertiary/aromatic N) is 2. The highest BCUT2D eigenvalue weighted by Crippen LogP contribution is 2.35. The third-order valence-electron chi connectivity index (χ3n) is 4.37. The Morgan fingerprint density at radius 1 is 1.27 bits per heavy atom. The Morgan fingerprint density at radius 3 is 2.81 bits per heavy atom. The monoisotopic (exact) mass is 362 g/mol. The van der Waals surface area contributed by atoms with Gasteiger partial charge in [0.15, 0.2) is 11.5 Å². The number of carbonyl (C=O) groups excluding carboxylic acids is 2. The van der Waals surface area contributed by atoms with Crippen LogP contribution in [0.2, 0.25) is 0 Å². The van der Waals surface area contributed by atoms with Gasteiger partial charge in [0.25, 0.3) is 0 Å². The number of nitrogens with one attached hydrogen (secondary N) is 2. The van der Waals surface area contributed by atoms with E-state index >= 15 is 0 Å². The number of carbonyl (C=O) groups is 2. The van der Waals surface area contributed by atoms with Crippen molar-refractivity contribution in [2.45, 2.75) is 18.9 Å². The maximum atomic E-state index is 12.3. The van der Waals surface area contributed by atoms with E-state index < -0.39 is 0 Å². The number of fused-ring (bicyclic) bond motifs is 1. The molecule has 2 heterocycles. The smallest absolute Gasteiger partial charge is 0.315 e. The average molecular weight is 362 g/mol. The molecule has 1 saturated heterocycles. The minimum absolute atomic E-state index is 0.0143. The van der Waals surface area contributed by atoms with Crippen molar-refractivity contribution in [2.75, 3.05) is 51.8 Å². The van der Waals surface area contributed by atoms with Gasteiger partial charge in [-0.05, 0) is 39.2 Å². The van der Waals surface area contributed by atoms with Crippen LogP contribution in [-0.4, -0.2) is 69.8 Å². The molecule has 1 fully saturated rings. The maximum Gasteiger partial charge on any atom is 0.315 e. The lowest BCUT2D eigenvalue weighted by Gasteiger charge is -2.22. The number of hydrogen-bond acceptors (Lipinski definition) is 5. The molecule has 2 aliphatic heterocycles. The summed E-state index contributed by atoms with van der Waals surface area (Å²) in [6.07, 6.45) is 1.17. The molecule has 0 aliphatic carbocycles. The standard InChI is InChI=1S/C18H26N4O4/c1-21(2)7-3-6-19-18(24)20-13-10-17(23)22(12-13)14-4-5-15-16(11-14)26-9-8-25-15/h4-5,11,13H,3,6-10,12H2,1-2H3,(H2,19,20,24)/t13-/m0/s1. The summed E-state index contributed by atoms with van der Waals surface area (Å²) < 4.78 is 11.1. The summed E-state index contributed by atoms with van der Waals surface area (Å²) in [5.74, 6) is 1.33. The summed E-state index contributed by atoms with van der Waals surface area (Å²) in [6.45, 7) is 3.01. The first-order valence-electron chi connectivity index (χ1n) is 8.92. The van der Waals surface area contributed by atoms with Crippen molar-refractivity contribution in [3.8, 4) is 11.5 Å². The van der Waals surface area contributed by atoms with Crippen LogP contribution in [0.4, 0.5) is 10.5 Å². The van der Waals surface area contributed by atoms with Gasteiger partial charge in [-0.25, -0.2) is 4.79 Å². The fourth-order valence-electron chi connectivity index (χ4n) is 3.09. The summed E-state index contributed by atoms with van der Waals surface area (Å²) in [7, 11) is 3.99. The van der Waals surface area contributed by atoms with E-state index in [1.165, 1.54) is 0 Å². The zero-order chi connectivity index (χ0) is 18.5. The molecule has 3 rings (SSSR count). The Kier molecular flexibility index (Phi) is 5.82. The Morgan fingerprint density at radius 2 is 2.04 bits per heavy atom. The summed E-state index contributed by atoms with van der Waals surface area (Å²) in [5, 5.41) is 5.71. The molecule has 0 saturated carbocycles. The van der Waals surface area contributed by atoms with Crippen molar-refractivity contribution in [2.24, 2.45) is 0 Å². The molecule has 8 nitrogen and oxygen atoms in total. The highest BCUT2D eigenvalue weighted by Gasteiger charge is 2.32. The second-order valence-electron chi connectivity index (χ2n) is 6.79. The van der Waals surface area contributed by atoms with Crippen LogP contribution in [0.25, 0.3) is 0 Å². The van der Waals surface area contributed by atoms with Crippen LogP contribution in [0.3, 0.4) is 0 Å². The highest BCUT2D eigenvalue weighted by molar-refractivity contribution is 5.97. The molecular weight excluding hydrogens is 336 g/mol. The summed E-state index contributed by atoms with van der Waals surface area (Å²) >= 11 is 0. The van der Waals surface area contributed by atoms with Crippen LogP contribution >= 0.6 is 0 Å². The molecular formula is C18H26N4O4. The summed E-state index contributed by atoms with van der Waals surface area (Å²) in [5.41, 5.74) is 0.759. The van der Waals surface area contributed by atoms with Gasteiger partial charge in [-0.3, -0.25) is 4.79 Å². The lowest BCUT2D eigenvalue weighted by atomic mass is 10.2. The van der Waals surface area contributed by atoms with Crippen LogP contribution in [-0.2, 0) is 4.79 Å². The normalized spacial score (nSPS) is 19.0. The topological polar surface area (TPSA) is 83.1 Å². The maximum absolute atomic E-state index is 12.3. The van der Waals surface area contributed by atoms with E-state index in [1.54, 1.807) is 4.90 Å². The summed E-state index contributed by atoms with van der Waals surface area (Å²) in [4.78, 5) is 28.1. The summed E-state index contributed by atoms with van der Waals surface area (Å²) in [6, 6.07) is 5.04. The lowest BCUT2D eigenvalue weighted by molar-refractivity contribution is -0.117. The molecule has 26 heavy (non-hydrogen) atoms. The molecule has 0 aromatic heterocycles. The van der Waals surface area contributed by atoms with Crippen molar-refractivity contribution in [1.82, 2.24) is 15.5 Å². The van der Waals surface area contributed by atoms with E-state index in [2.05, 4.69) is 15.5 Å². The second-order valence-corrected chi connectivity index (χ2v) is 6.79. The molecule has 2 aliphatic rings. The van der Waals surface area contributed by atoms with Crippen molar-refractivity contribution in [3.05, 3.63) is 18.2 Å². The van der Waals surface area contributed by atoms with Crippen molar-refractivity contribution in [1.29, 1.82) is 0 Å². The van der Waals surface area contributed by atoms with Crippen LogP contribution in [0.15, 0.2) is 18.2 Å². The lowest BCUT2D eigenvalue weighted by Crippen LogP contribution is -2.44. The van der Waals surface area contributed by atoms with Gasteiger partial charge in [-0.1, -0.05) is 0 Å². The molecule has 3 amide bonds. The molecule has 2 N–H and O–H groups in total. The molecule has 8 heteroatoms. The average Bonchev–Trinajstić information content (AvgIpc) is 2.98. The number of rotatable bonds is 6. The van der Waals surface area contributed by atoms with E-state index in [0.717, 1.165) is 18.7 Å². The van der Waals surface area contributed by atoms with Gasteiger partial charge in [0.1, 0.15) is 13.2 Å². The molecule has 142 valence electrons. The quantitative estimate of drug-likeness (QED) is 0.732. The number of anilines is 1. The number of urea groups is 1. The Bertz CT molecular complexity index is 665. The van der Waals surface area contributed by atoms with Gasteiger partial charge in [-0.15, -0.1) is 0 Å². The van der Waals surface area contributed by atoms with Crippen molar-refractivity contribution >= 4 is 17.6 Å². The van der Waals surface area contributed by atoms with Crippen LogP contribution in [0, 0.1) is 0 Å². The van der Waals surface area contributed by atoms with Gasteiger partial charge in [0.2, 0.25) is 5.91 Å². The predicted molar refractivity (Wildman–Crippen MR) is 97.9 cm³/mol. The van der Waals surface area contributed by atoms with Crippen LogP contribution in [0.1, 0.15) is 12.8 Å². The third-order valence-corrected chi connectivity index (χ3v) is 4.37. The van der Waals surface area contributed by atoms with Crippen LogP contribution in [0.5, 0.6) is 11.5 Å². The molecule has 1 atom stereocenters. The number of benzene rings is 1. The van der Waals surface area contributed by atoms with E-state index in [0.29, 0.717) is 44.2 Å². The number of hydrogen-bond donors (Lipinski definition) is 2. The molecule has 0 bridgehead atoms. The molecule has 0 spiro atoms. The van der Waals surface area contributed by atoms with E-state index in [9.17, 15) is 9.59 Å². The minimum atomic E-state index is -0.231. The van der Waals surface area contributed by atoms with Gasteiger partial charge >= 0.3 is 6.03 Å². The van der Waals surface area contributed by atoms with E-state index in [1.807, 2.05) is 32.3 Å². The number of ether oxygens (including phenoxy) is 2. The van der Waals surface area contributed by atoms with E-state index in [4.69, 9.17) is 9.47 Å². The van der Waals surface area contributed by atoms with Crippen molar-refractivity contribution in [3.63, 3.8) is 0 Å².